The lowest BCUT2D eigenvalue weighted by Gasteiger charge is -2.27. The van der Waals surface area contributed by atoms with Gasteiger partial charge in [0.2, 0.25) is 0 Å². The summed E-state index contributed by atoms with van der Waals surface area (Å²) in [6, 6.07) is 12.8. The van der Waals surface area contributed by atoms with Gasteiger partial charge in [-0.15, -0.1) is 0 Å². The normalized spacial score (nSPS) is 14.8. The van der Waals surface area contributed by atoms with Crippen molar-refractivity contribution in [2.75, 3.05) is 31.5 Å². The van der Waals surface area contributed by atoms with Gasteiger partial charge in [-0.1, -0.05) is 6.07 Å². The monoisotopic (exact) mass is 442 g/mol. The average molecular weight is 443 g/mol. The predicted molar refractivity (Wildman–Crippen MR) is 131 cm³/mol. The first-order valence-corrected chi connectivity index (χ1v) is 11.6. The van der Waals surface area contributed by atoms with Crippen molar-refractivity contribution >= 4 is 16.9 Å². The molecule has 1 aromatic carbocycles. The lowest BCUT2D eigenvalue weighted by Crippen LogP contribution is -2.42. The standard InChI is InChI=1S/C25H30N8/c1-17(2)30-24-14-22(28-16-29-24)19-3-4-21-23(12-19)32-25(31-21)13-20-11-18(5-6-27-20)15-33-9-7-26-8-10-33/h3-6,11-12,14,16-17,26H,7-10,13,15H2,1-2H3,(H,31,32)(H,28,29,30). The average Bonchev–Trinajstić information content (AvgIpc) is 3.21. The number of aromatic amines is 1. The molecule has 0 saturated carbocycles. The summed E-state index contributed by atoms with van der Waals surface area (Å²) in [6.45, 7) is 9.45. The van der Waals surface area contributed by atoms with E-state index in [2.05, 4.69) is 73.6 Å². The molecule has 8 nitrogen and oxygen atoms in total. The first-order chi connectivity index (χ1) is 16.1. The molecule has 5 rings (SSSR count). The van der Waals surface area contributed by atoms with Gasteiger partial charge in [0.25, 0.3) is 0 Å². The number of nitrogens with one attached hydrogen (secondary N) is 3. The van der Waals surface area contributed by atoms with E-state index in [0.717, 1.165) is 72.4 Å². The van der Waals surface area contributed by atoms with Crippen LogP contribution in [-0.2, 0) is 13.0 Å². The number of rotatable bonds is 7. The predicted octanol–water partition coefficient (Wildman–Crippen LogP) is 3.23. The van der Waals surface area contributed by atoms with Crippen molar-refractivity contribution in [1.82, 2.24) is 35.1 Å². The zero-order valence-electron chi connectivity index (χ0n) is 19.2. The molecular weight excluding hydrogens is 412 g/mol. The number of piperazine rings is 1. The van der Waals surface area contributed by atoms with Crippen molar-refractivity contribution in [1.29, 1.82) is 0 Å². The number of aromatic nitrogens is 5. The van der Waals surface area contributed by atoms with Gasteiger partial charge in [-0.05, 0) is 43.7 Å². The highest BCUT2D eigenvalue weighted by Gasteiger charge is 2.12. The summed E-state index contributed by atoms with van der Waals surface area (Å²) in [7, 11) is 0. The van der Waals surface area contributed by atoms with Gasteiger partial charge in [0, 0.05) is 68.7 Å². The molecule has 1 aliphatic heterocycles. The molecule has 4 aromatic rings. The fourth-order valence-electron chi connectivity index (χ4n) is 4.22. The quantitative estimate of drug-likeness (QED) is 0.404. The highest BCUT2D eigenvalue weighted by atomic mass is 15.2. The Kier molecular flexibility index (Phi) is 6.28. The molecule has 0 spiro atoms. The highest BCUT2D eigenvalue weighted by molar-refractivity contribution is 5.81. The van der Waals surface area contributed by atoms with Crippen molar-refractivity contribution in [2.24, 2.45) is 0 Å². The van der Waals surface area contributed by atoms with Gasteiger partial charge in [0.15, 0.2) is 0 Å². The van der Waals surface area contributed by atoms with Crippen LogP contribution in [0, 0.1) is 0 Å². The van der Waals surface area contributed by atoms with E-state index in [-0.39, 0.29) is 0 Å². The minimum atomic E-state index is 0.314. The maximum absolute atomic E-state index is 4.79. The van der Waals surface area contributed by atoms with Crippen LogP contribution >= 0.6 is 0 Å². The Morgan fingerprint density at radius 2 is 1.91 bits per heavy atom. The fraction of sp³-hybridized carbons (Fsp3) is 0.360. The number of fused-ring (bicyclic) bond motifs is 1. The number of pyridine rings is 1. The van der Waals surface area contributed by atoms with Gasteiger partial charge < -0.3 is 15.6 Å². The molecule has 0 atom stereocenters. The molecule has 170 valence electrons. The van der Waals surface area contributed by atoms with Gasteiger partial charge in [-0.25, -0.2) is 15.0 Å². The Morgan fingerprint density at radius 3 is 2.76 bits per heavy atom. The second-order valence-corrected chi connectivity index (χ2v) is 8.86. The van der Waals surface area contributed by atoms with E-state index in [1.54, 1.807) is 6.33 Å². The van der Waals surface area contributed by atoms with Crippen LogP contribution in [-0.4, -0.2) is 62.0 Å². The SMILES string of the molecule is CC(C)Nc1cc(-c2ccc3nc(Cc4cc(CN5CCNCC5)ccn4)[nH]c3c2)ncn1. The molecule has 1 aliphatic rings. The third-order valence-corrected chi connectivity index (χ3v) is 5.78. The van der Waals surface area contributed by atoms with E-state index in [4.69, 9.17) is 4.98 Å². The van der Waals surface area contributed by atoms with Crippen LogP contribution in [0.1, 0.15) is 30.9 Å². The minimum absolute atomic E-state index is 0.314. The van der Waals surface area contributed by atoms with Crippen LogP contribution in [0.2, 0.25) is 0 Å². The van der Waals surface area contributed by atoms with Crippen LogP contribution < -0.4 is 10.6 Å². The fourth-order valence-corrected chi connectivity index (χ4v) is 4.22. The van der Waals surface area contributed by atoms with E-state index >= 15 is 0 Å². The van der Waals surface area contributed by atoms with E-state index in [1.165, 1.54) is 5.56 Å². The molecule has 1 fully saturated rings. The topological polar surface area (TPSA) is 94.7 Å². The van der Waals surface area contributed by atoms with Crippen molar-refractivity contribution in [3.63, 3.8) is 0 Å². The van der Waals surface area contributed by atoms with Gasteiger partial charge in [0.05, 0.1) is 16.7 Å². The number of hydrogen-bond acceptors (Lipinski definition) is 7. The molecule has 0 unspecified atom stereocenters. The zero-order valence-corrected chi connectivity index (χ0v) is 19.2. The van der Waals surface area contributed by atoms with E-state index in [1.807, 2.05) is 18.3 Å². The number of H-pyrrole nitrogens is 1. The number of hydrogen-bond donors (Lipinski definition) is 3. The molecule has 0 amide bonds. The summed E-state index contributed by atoms with van der Waals surface area (Å²) < 4.78 is 0. The second kappa shape index (κ2) is 9.64. The van der Waals surface area contributed by atoms with Crippen molar-refractivity contribution in [3.05, 3.63) is 66.0 Å². The minimum Gasteiger partial charge on any atom is -0.368 e. The van der Waals surface area contributed by atoms with Gasteiger partial charge in [-0.2, -0.15) is 0 Å². The zero-order chi connectivity index (χ0) is 22.6. The molecule has 33 heavy (non-hydrogen) atoms. The Morgan fingerprint density at radius 1 is 1.03 bits per heavy atom. The Labute approximate surface area is 193 Å². The molecule has 0 bridgehead atoms. The largest absolute Gasteiger partial charge is 0.368 e. The van der Waals surface area contributed by atoms with Crippen molar-refractivity contribution in [3.8, 4) is 11.3 Å². The lowest BCUT2D eigenvalue weighted by molar-refractivity contribution is 0.233. The van der Waals surface area contributed by atoms with Gasteiger partial charge >= 0.3 is 0 Å². The summed E-state index contributed by atoms with van der Waals surface area (Å²) in [4.78, 5) is 24.1. The van der Waals surface area contributed by atoms with Crippen molar-refractivity contribution < 1.29 is 0 Å². The second-order valence-electron chi connectivity index (χ2n) is 8.86. The van der Waals surface area contributed by atoms with Crippen LogP contribution in [0.3, 0.4) is 0 Å². The van der Waals surface area contributed by atoms with Crippen LogP contribution in [0.15, 0.2) is 48.9 Å². The number of anilines is 1. The van der Waals surface area contributed by atoms with Crippen LogP contribution in [0.4, 0.5) is 5.82 Å². The highest BCUT2D eigenvalue weighted by Crippen LogP contribution is 2.24. The maximum Gasteiger partial charge on any atom is 0.130 e. The third-order valence-electron chi connectivity index (χ3n) is 5.78. The molecule has 0 radical (unpaired) electrons. The smallest absolute Gasteiger partial charge is 0.130 e. The molecule has 0 aliphatic carbocycles. The molecule has 3 N–H and O–H groups in total. The van der Waals surface area contributed by atoms with Crippen LogP contribution in [0.25, 0.3) is 22.3 Å². The lowest BCUT2D eigenvalue weighted by atomic mass is 10.1. The van der Waals surface area contributed by atoms with Crippen LogP contribution in [0.5, 0.6) is 0 Å². The molecule has 1 saturated heterocycles. The first kappa shape index (κ1) is 21.5. The molecule has 4 heterocycles. The maximum atomic E-state index is 4.79. The van der Waals surface area contributed by atoms with Gasteiger partial charge in [0.1, 0.15) is 18.0 Å². The molecule has 8 heteroatoms. The Hall–Kier alpha value is -3.36. The molecular formula is C25H30N8. The first-order valence-electron chi connectivity index (χ1n) is 11.6. The number of benzene rings is 1. The summed E-state index contributed by atoms with van der Waals surface area (Å²) >= 11 is 0. The molecule has 3 aromatic heterocycles. The number of imidazole rings is 1. The summed E-state index contributed by atoms with van der Waals surface area (Å²) in [5, 5.41) is 6.73. The summed E-state index contributed by atoms with van der Waals surface area (Å²) in [5.74, 6) is 1.74. The van der Waals surface area contributed by atoms with Crippen molar-refractivity contribution in [2.45, 2.75) is 32.9 Å². The summed E-state index contributed by atoms with van der Waals surface area (Å²) in [5.41, 5.74) is 6.19. The Bertz CT molecular complexity index is 1230. The third kappa shape index (κ3) is 5.35. The van der Waals surface area contributed by atoms with E-state index < -0.39 is 0 Å². The van der Waals surface area contributed by atoms with Gasteiger partial charge in [-0.3, -0.25) is 9.88 Å². The van der Waals surface area contributed by atoms with E-state index in [9.17, 15) is 0 Å². The Balaban J connectivity index is 1.33. The number of nitrogens with zero attached hydrogens (tertiary/aromatic N) is 5. The summed E-state index contributed by atoms with van der Waals surface area (Å²) in [6.07, 6.45) is 4.18. The van der Waals surface area contributed by atoms with E-state index in [0.29, 0.717) is 12.5 Å².